The third-order valence-electron chi connectivity index (χ3n) is 3.20. The molecule has 1 rings (SSSR count). The van der Waals surface area contributed by atoms with E-state index in [1.165, 1.54) is 6.26 Å². The normalized spacial score (nSPS) is 12.2. The van der Waals surface area contributed by atoms with Crippen molar-refractivity contribution in [1.82, 2.24) is 10.6 Å². The predicted octanol–water partition coefficient (Wildman–Crippen LogP) is 2.73. The van der Waals surface area contributed by atoms with Crippen LogP contribution in [0.2, 0.25) is 0 Å². The van der Waals surface area contributed by atoms with E-state index in [9.17, 15) is 9.59 Å². The van der Waals surface area contributed by atoms with Gasteiger partial charge in [0.2, 0.25) is 5.91 Å². The lowest BCUT2D eigenvalue weighted by molar-refractivity contribution is -0.121. The molecular weight excluding hydrogens is 268 g/mol. The first-order valence-corrected chi connectivity index (χ1v) is 7.60. The molecule has 1 atom stereocenters. The highest BCUT2D eigenvalue weighted by atomic mass is 16.3. The number of nitrogens with one attached hydrogen (secondary N) is 2. The Morgan fingerprint density at radius 2 is 2.00 bits per heavy atom. The monoisotopic (exact) mass is 294 g/mol. The fourth-order valence-electron chi connectivity index (χ4n) is 1.95. The van der Waals surface area contributed by atoms with Crippen molar-refractivity contribution in [3.05, 3.63) is 24.2 Å². The molecule has 5 heteroatoms. The zero-order valence-corrected chi connectivity index (χ0v) is 13.1. The molecule has 0 aliphatic rings. The van der Waals surface area contributed by atoms with Gasteiger partial charge in [-0.2, -0.15) is 0 Å². The maximum Gasteiger partial charge on any atom is 0.286 e. The summed E-state index contributed by atoms with van der Waals surface area (Å²) in [5.41, 5.74) is 0. The van der Waals surface area contributed by atoms with Crippen molar-refractivity contribution in [2.24, 2.45) is 5.92 Å². The number of hydrogen-bond donors (Lipinski definition) is 2. The second-order valence-electron chi connectivity index (χ2n) is 5.78. The highest BCUT2D eigenvalue weighted by Gasteiger charge is 2.09. The third kappa shape index (κ3) is 7.54. The summed E-state index contributed by atoms with van der Waals surface area (Å²) >= 11 is 0. The van der Waals surface area contributed by atoms with Crippen LogP contribution in [0.3, 0.4) is 0 Å². The lowest BCUT2D eigenvalue weighted by atomic mass is 10.0. The van der Waals surface area contributed by atoms with Crippen LogP contribution in [-0.4, -0.2) is 24.4 Å². The maximum atomic E-state index is 11.7. The fourth-order valence-corrected chi connectivity index (χ4v) is 1.95. The summed E-state index contributed by atoms with van der Waals surface area (Å²) in [5, 5.41) is 5.70. The highest BCUT2D eigenvalue weighted by Crippen LogP contribution is 2.06. The predicted molar refractivity (Wildman–Crippen MR) is 82.0 cm³/mol. The Hall–Kier alpha value is -1.78. The summed E-state index contributed by atoms with van der Waals surface area (Å²) in [5.74, 6) is 0.743. The van der Waals surface area contributed by atoms with Gasteiger partial charge in [-0.05, 0) is 44.2 Å². The van der Waals surface area contributed by atoms with Gasteiger partial charge in [0, 0.05) is 19.0 Å². The van der Waals surface area contributed by atoms with Gasteiger partial charge < -0.3 is 15.1 Å². The molecule has 21 heavy (non-hydrogen) atoms. The van der Waals surface area contributed by atoms with Gasteiger partial charge >= 0.3 is 0 Å². The highest BCUT2D eigenvalue weighted by molar-refractivity contribution is 5.91. The van der Waals surface area contributed by atoms with Gasteiger partial charge in [-0.15, -0.1) is 0 Å². The van der Waals surface area contributed by atoms with Crippen LogP contribution in [0, 0.1) is 5.92 Å². The van der Waals surface area contributed by atoms with Crippen LogP contribution in [0.25, 0.3) is 0 Å². The molecule has 0 bridgehead atoms. The summed E-state index contributed by atoms with van der Waals surface area (Å²) in [6.07, 6.45) is 4.61. The zero-order chi connectivity index (χ0) is 15.7. The molecule has 0 fully saturated rings. The van der Waals surface area contributed by atoms with Gasteiger partial charge in [-0.25, -0.2) is 0 Å². The van der Waals surface area contributed by atoms with Crippen molar-refractivity contribution in [3.8, 4) is 0 Å². The number of hydrogen-bond acceptors (Lipinski definition) is 3. The first kappa shape index (κ1) is 17.3. The third-order valence-corrected chi connectivity index (χ3v) is 3.20. The van der Waals surface area contributed by atoms with Crippen molar-refractivity contribution in [3.63, 3.8) is 0 Å². The molecule has 0 spiro atoms. The van der Waals surface area contributed by atoms with E-state index in [4.69, 9.17) is 4.42 Å². The van der Waals surface area contributed by atoms with Crippen molar-refractivity contribution in [2.75, 3.05) is 6.54 Å². The molecule has 1 unspecified atom stereocenters. The van der Waals surface area contributed by atoms with Crippen LogP contribution >= 0.6 is 0 Å². The van der Waals surface area contributed by atoms with Gasteiger partial charge in [0.05, 0.1) is 6.26 Å². The largest absolute Gasteiger partial charge is 0.459 e. The first-order valence-electron chi connectivity index (χ1n) is 7.60. The van der Waals surface area contributed by atoms with Crippen molar-refractivity contribution >= 4 is 11.8 Å². The van der Waals surface area contributed by atoms with Crippen LogP contribution in [0.4, 0.5) is 0 Å². The lowest BCUT2D eigenvalue weighted by Crippen LogP contribution is -2.33. The van der Waals surface area contributed by atoms with Gasteiger partial charge in [-0.3, -0.25) is 9.59 Å². The Morgan fingerprint density at radius 1 is 1.24 bits per heavy atom. The number of carbonyl (C=O) groups is 2. The molecule has 1 aromatic heterocycles. The Labute approximate surface area is 126 Å². The Balaban J connectivity index is 2.09. The molecule has 2 amide bonds. The standard InChI is InChI=1S/C16H26N2O3/c1-12(2)8-9-13(3)18-15(19)7-4-10-17-16(20)14-6-5-11-21-14/h5-6,11-13H,4,7-10H2,1-3H3,(H,17,20)(H,18,19). The average molecular weight is 294 g/mol. The molecule has 0 radical (unpaired) electrons. The van der Waals surface area contributed by atoms with E-state index in [1.54, 1.807) is 12.1 Å². The SMILES string of the molecule is CC(C)CCC(C)NC(=O)CCCNC(=O)c1ccco1. The second-order valence-corrected chi connectivity index (χ2v) is 5.78. The van der Waals surface area contributed by atoms with E-state index in [0.717, 1.165) is 12.8 Å². The summed E-state index contributed by atoms with van der Waals surface area (Å²) < 4.78 is 4.98. The minimum atomic E-state index is -0.245. The van der Waals surface area contributed by atoms with E-state index < -0.39 is 0 Å². The van der Waals surface area contributed by atoms with Crippen molar-refractivity contribution in [1.29, 1.82) is 0 Å². The van der Waals surface area contributed by atoms with Gasteiger partial charge in [0.1, 0.15) is 0 Å². The number of carbonyl (C=O) groups excluding carboxylic acids is 2. The van der Waals surface area contributed by atoms with Crippen LogP contribution in [0.1, 0.15) is 57.0 Å². The van der Waals surface area contributed by atoms with E-state index in [2.05, 4.69) is 24.5 Å². The minimum absolute atomic E-state index is 0.0403. The molecule has 1 heterocycles. The fraction of sp³-hybridized carbons (Fsp3) is 0.625. The second kappa shape index (κ2) is 9.21. The molecule has 0 saturated heterocycles. The summed E-state index contributed by atoms with van der Waals surface area (Å²) in [6, 6.07) is 3.48. The first-order chi connectivity index (χ1) is 9.99. The minimum Gasteiger partial charge on any atom is -0.459 e. The molecule has 0 aliphatic carbocycles. The number of rotatable bonds is 9. The quantitative estimate of drug-likeness (QED) is 0.688. The van der Waals surface area contributed by atoms with Crippen LogP contribution in [0.15, 0.2) is 22.8 Å². The molecule has 5 nitrogen and oxygen atoms in total. The Kier molecular flexibility index (Phi) is 7.58. The molecule has 1 aromatic rings. The molecular formula is C16H26N2O3. The van der Waals surface area contributed by atoms with Crippen molar-refractivity contribution < 1.29 is 14.0 Å². The van der Waals surface area contributed by atoms with Crippen LogP contribution < -0.4 is 10.6 Å². The Bertz CT molecular complexity index is 427. The Morgan fingerprint density at radius 3 is 2.62 bits per heavy atom. The molecule has 2 N–H and O–H groups in total. The molecule has 0 aromatic carbocycles. The van der Waals surface area contributed by atoms with Crippen molar-refractivity contribution in [2.45, 2.75) is 52.5 Å². The van der Waals surface area contributed by atoms with Gasteiger partial charge in [-0.1, -0.05) is 13.8 Å². The van der Waals surface area contributed by atoms with Crippen LogP contribution in [0.5, 0.6) is 0 Å². The summed E-state index contributed by atoms with van der Waals surface area (Å²) in [6.45, 7) is 6.85. The van der Waals surface area contributed by atoms with E-state index in [0.29, 0.717) is 31.1 Å². The zero-order valence-electron chi connectivity index (χ0n) is 13.1. The topological polar surface area (TPSA) is 71.3 Å². The number of furan rings is 1. The summed E-state index contributed by atoms with van der Waals surface area (Å²) in [7, 11) is 0. The van der Waals surface area contributed by atoms with Gasteiger partial charge in [0.15, 0.2) is 5.76 Å². The van der Waals surface area contributed by atoms with E-state index in [-0.39, 0.29) is 17.9 Å². The molecule has 0 aliphatic heterocycles. The smallest absolute Gasteiger partial charge is 0.286 e. The maximum absolute atomic E-state index is 11.7. The number of amides is 2. The van der Waals surface area contributed by atoms with Gasteiger partial charge in [0.25, 0.3) is 5.91 Å². The van der Waals surface area contributed by atoms with Crippen LogP contribution in [-0.2, 0) is 4.79 Å². The van der Waals surface area contributed by atoms with E-state index >= 15 is 0 Å². The summed E-state index contributed by atoms with van der Waals surface area (Å²) in [4.78, 5) is 23.3. The van der Waals surface area contributed by atoms with E-state index in [1.807, 2.05) is 6.92 Å². The average Bonchev–Trinajstić information content (AvgIpc) is 2.95. The lowest BCUT2D eigenvalue weighted by Gasteiger charge is -2.15. The molecule has 118 valence electrons. The molecule has 0 saturated carbocycles.